The summed E-state index contributed by atoms with van der Waals surface area (Å²) in [6, 6.07) is 10.6. The summed E-state index contributed by atoms with van der Waals surface area (Å²) in [5.41, 5.74) is 3.23. The van der Waals surface area contributed by atoms with Crippen LogP contribution in [0.15, 0.2) is 36.5 Å². The molecule has 2 aliphatic rings. The SMILES string of the molecule is CCCN(CCC(C)CC)SCCCN1CCOCC1.CCc1cc2nc(-c3cccc4[nH]ccc34)nc(N3CCOCC3)c2s1. The number of hydrogen-bond donors (Lipinski definition) is 1. The molecule has 10 heteroatoms. The van der Waals surface area contributed by atoms with Gasteiger partial charge in [0.15, 0.2) is 11.6 Å². The van der Waals surface area contributed by atoms with E-state index in [-0.39, 0.29) is 0 Å². The van der Waals surface area contributed by atoms with E-state index in [4.69, 9.17) is 19.4 Å². The van der Waals surface area contributed by atoms with Gasteiger partial charge in [0.1, 0.15) is 0 Å². The molecular formula is C36H54N6O2S2. The van der Waals surface area contributed by atoms with Crippen molar-refractivity contribution < 1.29 is 9.47 Å². The van der Waals surface area contributed by atoms with E-state index in [1.807, 2.05) is 17.5 Å². The highest BCUT2D eigenvalue weighted by Crippen LogP contribution is 2.36. The van der Waals surface area contributed by atoms with Crippen molar-refractivity contribution in [1.82, 2.24) is 24.2 Å². The standard InChI is InChI=1S/C20H20N4OS.C16H34N2OS/c1-2-13-12-17-18(26-13)20(24-8-10-25-11-9-24)23-19(22-17)15-4-3-5-16-14(15)6-7-21-16;1-4-8-18(10-7-16(3)5-2)20-15-6-9-17-11-13-19-14-12-17/h3-7,12,21H,2,8-11H2,1H3;16H,4-15H2,1-3H3. The summed E-state index contributed by atoms with van der Waals surface area (Å²) in [6.07, 6.45) is 8.20. The summed E-state index contributed by atoms with van der Waals surface area (Å²) in [5.74, 6) is 3.97. The molecule has 0 saturated carbocycles. The van der Waals surface area contributed by atoms with Crippen LogP contribution in [0.2, 0.25) is 0 Å². The summed E-state index contributed by atoms with van der Waals surface area (Å²) in [7, 11) is 0. The number of aromatic nitrogens is 3. The smallest absolute Gasteiger partial charge is 0.162 e. The Morgan fingerprint density at radius 1 is 1.00 bits per heavy atom. The number of nitrogens with one attached hydrogen (secondary N) is 1. The first-order valence-electron chi connectivity index (χ1n) is 17.5. The summed E-state index contributed by atoms with van der Waals surface area (Å²) in [6.45, 7) is 20.2. The highest BCUT2D eigenvalue weighted by Gasteiger charge is 2.21. The van der Waals surface area contributed by atoms with Gasteiger partial charge in [0.05, 0.1) is 36.6 Å². The van der Waals surface area contributed by atoms with Gasteiger partial charge in [-0.1, -0.05) is 58.2 Å². The number of anilines is 1. The van der Waals surface area contributed by atoms with Crippen LogP contribution < -0.4 is 4.90 Å². The topological polar surface area (TPSA) is 69.8 Å². The maximum Gasteiger partial charge on any atom is 0.162 e. The molecule has 1 aromatic carbocycles. The maximum absolute atomic E-state index is 5.54. The highest BCUT2D eigenvalue weighted by atomic mass is 32.2. The number of rotatable bonds is 14. The van der Waals surface area contributed by atoms with Gasteiger partial charge < -0.3 is 19.4 Å². The molecule has 1 unspecified atom stereocenters. The van der Waals surface area contributed by atoms with E-state index in [9.17, 15) is 0 Å². The second-order valence-corrected chi connectivity index (χ2v) is 14.7. The predicted octanol–water partition coefficient (Wildman–Crippen LogP) is 7.74. The predicted molar refractivity (Wildman–Crippen MR) is 197 cm³/mol. The number of ether oxygens (including phenoxy) is 2. The zero-order chi connectivity index (χ0) is 32.1. The van der Waals surface area contributed by atoms with Crippen molar-refractivity contribution in [3.63, 3.8) is 0 Å². The molecule has 0 radical (unpaired) electrons. The number of morpholine rings is 2. The lowest BCUT2D eigenvalue weighted by Crippen LogP contribution is -2.37. The first-order chi connectivity index (χ1) is 22.6. The minimum absolute atomic E-state index is 0.750. The molecule has 6 rings (SSSR count). The second-order valence-electron chi connectivity index (χ2n) is 12.4. The van der Waals surface area contributed by atoms with E-state index in [0.717, 1.165) is 98.6 Å². The zero-order valence-electron chi connectivity index (χ0n) is 28.4. The van der Waals surface area contributed by atoms with Crippen LogP contribution >= 0.6 is 23.3 Å². The number of fused-ring (bicyclic) bond motifs is 2. The Morgan fingerprint density at radius 2 is 1.78 bits per heavy atom. The quantitative estimate of drug-likeness (QED) is 0.108. The van der Waals surface area contributed by atoms with Crippen LogP contribution in [-0.2, 0) is 15.9 Å². The summed E-state index contributed by atoms with van der Waals surface area (Å²) >= 11 is 3.88. The number of aromatic amines is 1. The van der Waals surface area contributed by atoms with Gasteiger partial charge in [0.2, 0.25) is 0 Å². The average Bonchev–Trinajstić information content (AvgIpc) is 3.77. The van der Waals surface area contributed by atoms with Crippen molar-refractivity contribution >= 4 is 50.2 Å². The van der Waals surface area contributed by atoms with Gasteiger partial charge in [0, 0.05) is 72.6 Å². The molecule has 46 heavy (non-hydrogen) atoms. The third-order valence-electron chi connectivity index (χ3n) is 8.94. The van der Waals surface area contributed by atoms with Crippen molar-refractivity contribution in [3.8, 4) is 11.4 Å². The number of nitrogens with zero attached hydrogens (tertiary/aromatic N) is 5. The number of H-pyrrole nitrogens is 1. The largest absolute Gasteiger partial charge is 0.379 e. The molecule has 1 atom stereocenters. The van der Waals surface area contributed by atoms with Crippen LogP contribution in [-0.4, -0.2) is 102 Å². The summed E-state index contributed by atoms with van der Waals surface area (Å²) in [4.78, 5) is 19.5. The van der Waals surface area contributed by atoms with Gasteiger partial charge in [-0.2, -0.15) is 0 Å². The van der Waals surface area contributed by atoms with Gasteiger partial charge in [-0.3, -0.25) is 9.21 Å². The van der Waals surface area contributed by atoms with Gasteiger partial charge in [0.25, 0.3) is 0 Å². The minimum Gasteiger partial charge on any atom is -0.379 e. The third-order valence-corrected chi connectivity index (χ3v) is 11.4. The maximum atomic E-state index is 5.54. The fourth-order valence-corrected chi connectivity index (χ4v) is 8.01. The Labute approximate surface area is 284 Å². The molecule has 4 aromatic rings. The van der Waals surface area contributed by atoms with Gasteiger partial charge in [-0.05, 0) is 56.3 Å². The summed E-state index contributed by atoms with van der Waals surface area (Å²) in [5, 5.41) is 1.16. The number of thiophene rings is 1. The normalized spacial score (nSPS) is 16.7. The number of aryl methyl sites for hydroxylation is 1. The van der Waals surface area contributed by atoms with Crippen molar-refractivity contribution in [2.24, 2.45) is 5.92 Å². The molecule has 252 valence electrons. The van der Waals surface area contributed by atoms with Crippen molar-refractivity contribution in [2.45, 2.75) is 59.8 Å². The lowest BCUT2D eigenvalue weighted by molar-refractivity contribution is 0.0381. The molecule has 5 heterocycles. The van der Waals surface area contributed by atoms with E-state index in [1.54, 1.807) is 0 Å². The summed E-state index contributed by atoms with van der Waals surface area (Å²) < 4.78 is 14.7. The Morgan fingerprint density at radius 3 is 2.52 bits per heavy atom. The highest BCUT2D eigenvalue weighted by molar-refractivity contribution is 7.97. The van der Waals surface area contributed by atoms with Crippen LogP contribution in [0, 0.1) is 5.92 Å². The van der Waals surface area contributed by atoms with Gasteiger partial charge in [-0.15, -0.1) is 11.3 Å². The van der Waals surface area contributed by atoms with Crippen LogP contribution in [0.4, 0.5) is 5.82 Å². The van der Waals surface area contributed by atoms with Crippen molar-refractivity contribution in [2.75, 3.05) is 82.9 Å². The van der Waals surface area contributed by atoms with Gasteiger partial charge >= 0.3 is 0 Å². The van der Waals surface area contributed by atoms with Crippen LogP contribution in [0.1, 0.15) is 58.3 Å². The van der Waals surface area contributed by atoms with E-state index < -0.39 is 0 Å². The van der Waals surface area contributed by atoms with E-state index >= 15 is 0 Å². The van der Waals surface area contributed by atoms with Crippen molar-refractivity contribution in [3.05, 3.63) is 41.4 Å². The first kappa shape index (κ1) is 35.1. The lowest BCUT2D eigenvalue weighted by atomic mass is 10.1. The molecule has 0 spiro atoms. The Kier molecular flexibility index (Phi) is 14.0. The molecule has 0 bridgehead atoms. The Hall–Kier alpha value is -2.21. The van der Waals surface area contributed by atoms with E-state index in [1.165, 1.54) is 60.6 Å². The molecule has 0 aliphatic carbocycles. The van der Waals surface area contributed by atoms with E-state index in [0.29, 0.717) is 0 Å². The monoisotopic (exact) mass is 666 g/mol. The van der Waals surface area contributed by atoms with Crippen LogP contribution in [0.25, 0.3) is 32.5 Å². The molecule has 3 aromatic heterocycles. The average molecular weight is 667 g/mol. The number of hydrogen-bond acceptors (Lipinski definition) is 9. The fourth-order valence-electron chi connectivity index (χ4n) is 5.89. The Bertz CT molecular complexity index is 1460. The molecule has 2 aliphatic heterocycles. The fraction of sp³-hybridized carbons (Fsp3) is 0.611. The molecule has 1 N–H and O–H groups in total. The number of benzene rings is 1. The van der Waals surface area contributed by atoms with Crippen molar-refractivity contribution in [1.29, 1.82) is 0 Å². The van der Waals surface area contributed by atoms with E-state index in [2.05, 4.69) is 89.1 Å². The van der Waals surface area contributed by atoms with Crippen LogP contribution in [0.3, 0.4) is 0 Å². The molecule has 2 fully saturated rings. The first-order valence-corrected chi connectivity index (χ1v) is 19.2. The molecule has 8 nitrogen and oxygen atoms in total. The third kappa shape index (κ3) is 9.67. The lowest BCUT2D eigenvalue weighted by Gasteiger charge is -2.28. The van der Waals surface area contributed by atoms with Crippen LogP contribution in [0.5, 0.6) is 0 Å². The van der Waals surface area contributed by atoms with Gasteiger partial charge in [-0.25, -0.2) is 9.97 Å². The molecule has 0 amide bonds. The Balaban J connectivity index is 0.000000189. The molecule has 2 saturated heterocycles. The second kappa shape index (κ2) is 18.4. The molecular weight excluding hydrogens is 613 g/mol. The minimum atomic E-state index is 0.750. The zero-order valence-corrected chi connectivity index (χ0v) is 30.1.